The quantitative estimate of drug-likeness (QED) is 0.188. The van der Waals surface area contributed by atoms with Crippen LogP contribution in [0.25, 0.3) is 0 Å². The van der Waals surface area contributed by atoms with Gasteiger partial charge >= 0.3 is 11.9 Å². The molecule has 0 bridgehead atoms. The van der Waals surface area contributed by atoms with Crippen molar-refractivity contribution in [3.63, 3.8) is 0 Å². The van der Waals surface area contributed by atoms with Gasteiger partial charge in [-0.05, 0) is 25.2 Å². The minimum absolute atomic E-state index is 0.328. The molecule has 4 nitrogen and oxygen atoms in total. The summed E-state index contributed by atoms with van der Waals surface area (Å²) >= 11 is 0. The van der Waals surface area contributed by atoms with Crippen molar-refractivity contribution in [2.24, 2.45) is 5.92 Å². The van der Waals surface area contributed by atoms with E-state index < -0.39 is 11.9 Å². The summed E-state index contributed by atoms with van der Waals surface area (Å²) in [5, 5.41) is 0. The summed E-state index contributed by atoms with van der Waals surface area (Å²) in [5.41, 5.74) is 0. The van der Waals surface area contributed by atoms with E-state index in [0.717, 1.165) is 25.7 Å². The van der Waals surface area contributed by atoms with Gasteiger partial charge in [0.05, 0.1) is 13.2 Å². The minimum atomic E-state index is -0.825. The van der Waals surface area contributed by atoms with Crippen molar-refractivity contribution >= 4 is 11.9 Å². The fourth-order valence-electron chi connectivity index (χ4n) is 3.77. The van der Waals surface area contributed by atoms with Crippen LogP contribution in [0.4, 0.5) is 0 Å². The van der Waals surface area contributed by atoms with Crippen LogP contribution in [0.1, 0.15) is 116 Å². The highest BCUT2D eigenvalue weighted by atomic mass is 16.6. The molecule has 1 aliphatic carbocycles. The molecule has 1 rings (SSSR count). The summed E-state index contributed by atoms with van der Waals surface area (Å²) in [6, 6.07) is 0. The molecule has 0 atom stereocenters. The summed E-state index contributed by atoms with van der Waals surface area (Å²) in [6.07, 6.45) is 21.1. The number of esters is 2. The molecule has 0 spiro atoms. The Morgan fingerprint density at radius 2 is 1.15 bits per heavy atom. The van der Waals surface area contributed by atoms with Gasteiger partial charge < -0.3 is 9.47 Å². The number of hydrogen-bond acceptors (Lipinski definition) is 4. The number of ether oxygens (including phenoxy) is 2. The van der Waals surface area contributed by atoms with Gasteiger partial charge in [0.25, 0.3) is 0 Å². The van der Waals surface area contributed by atoms with Crippen molar-refractivity contribution in [1.29, 1.82) is 0 Å². The molecule has 1 aliphatic rings. The maximum Gasteiger partial charge on any atom is 0.417 e. The van der Waals surface area contributed by atoms with Crippen molar-refractivity contribution in [1.82, 2.24) is 0 Å². The van der Waals surface area contributed by atoms with Crippen LogP contribution in [-0.2, 0) is 19.1 Å². The van der Waals surface area contributed by atoms with Gasteiger partial charge in [-0.15, -0.1) is 0 Å². The number of carbonyl (C=O) groups is 2. The van der Waals surface area contributed by atoms with Crippen LogP contribution in [0, 0.1) is 5.92 Å². The topological polar surface area (TPSA) is 52.6 Å². The highest BCUT2D eigenvalue weighted by Gasteiger charge is 2.20. The van der Waals surface area contributed by atoms with Gasteiger partial charge in [-0.25, -0.2) is 9.59 Å². The van der Waals surface area contributed by atoms with Gasteiger partial charge in [0.1, 0.15) is 0 Å². The third-order valence-corrected chi connectivity index (χ3v) is 5.57. The molecule has 0 aliphatic heterocycles. The van der Waals surface area contributed by atoms with E-state index in [1.54, 1.807) is 0 Å². The second kappa shape index (κ2) is 17.1. The van der Waals surface area contributed by atoms with Crippen molar-refractivity contribution in [3.8, 4) is 0 Å². The molecule has 27 heavy (non-hydrogen) atoms. The summed E-state index contributed by atoms with van der Waals surface area (Å²) in [5.74, 6) is -1.22. The van der Waals surface area contributed by atoms with E-state index >= 15 is 0 Å². The van der Waals surface area contributed by atoms with E-state index in [4.69, 9.17) is 9.47 Å². The molecule has 0 heterocycles. The first-order chi connectivity index (χ1) is 13.2. The van der Waals surface area contributed by atoms with Crippen molar-refractivity contribution in [2.75, 3.05) is 13.2 Å². The van der Waals surface area contributed by atoms with Crippen LogP contribution < -0.4 is 0 Å². The van der Waals surface area contributed by atoms with E-state index in [2.05, 4.69) is 6.92 Å². The maximum atomic E-state index is 11.6. The SMILES string of the molecule is CCCCCCCCCCCCCCOC(=O)C(=O)OCC1CCCCC1. The molecule has 0 unspecified atom stereocenters. The van der Waals surface area contributed by atoms with Crippen LogP contribution in [0.3, 0.4) is 0 Å². The average Bonchev–Trinajstić information content (AvgIpc) is 2.70. The normalized spacial score (nSPS) is 14.9. The van der Waals surface area contributed by atoms with Crippen molar-refractivity contribution < 1.29 is 19.1 Å². The first-order valence-electron chi connectivity index (χ1n) is 11.6. The van der Waals surface area contributed by atoms with Crippen LogP contribution in [0.2, 0.25) is 0 Å². The Labute approximate surface area is 166 Å². The lowest BCUT2D eigenvalue weighted by atomic mass is 9.90. The molecular weight excluding hydrogens is 340 g/mol. The number of unbranched alkanes of at least 4 members (excludes halogenated alkanes) is 11. The van der Waals surface area contributed by atoms with Crippen molar-refractivity contribution in [2.45, 2.75) is 116 Å². The molecule has 0 aromatic rings. The molecule has 1 saturated carbocycles. The Morgan fingerprint density at radius 3 is 1.70 bits per heavy atom. The van der Waals surface area contributed by atoms with Crippen LogP contribution in [0.5, 0.6) is 0 Å². The molecule has 1 fully saturated rings. The second-order valence-corrected chi connectivity index (χ2v) is 8.13. The zero-order valence-electron chi connectivity index (χ0n) is 17.6. The monoisotopic (exact) mass is 382 g/mol. The Kier molecular flexibility index (Phi) is 15.2. The minimum Gasteiger partial charge on any atom is -0.457 e. The summed E-state index contributed by atoms with van der Waals surface area (Å²) in [4.78, 5) is 23.3. The number of rotatable bonds is 15. The molecule has 158 valence electrons. The summed E-state index contributed by atoms with van der Waals surface area (Å²) < 4.78 is 10.1. The third kappa shape index (κ3) is 13.7. The van der Waals surface area contributed by atoms with E-state index in [1.165, 1.54) is 83.5 Å². The Balaban J connectivity index is 1.84. The molecule has 4 heteroatoms. The molecule has 0 amide bonds. The van der Waals surface area contributed by atoms with Gasteiger partial charge in [0.2, 0.25) is 0 Å². The lowest BCUT2D eigenvalue weighted by Gasteiger charge is -2.20. The summed E-state index contributed by atoms with van der Waals surface area (Å²) in [7, 11) is 0. The molecular formula is C23H42O4. The predicted molar refractivity (Wildman–Crippen MR) is 110 cm³/mol. The highest BCUT2D eigenvalue weighted by molar-refractivity contribution is 6.29. The van der Waals surface area contributed by atoms with Crippen LogP contribution in [-0.4, -0.2) is 25.2 Å². The number of hydrogen-bond donors (Lipinski definition) is 0. The smallest absolute Gasteiger partial charge is 0.417 e. The lowest BCUT2D eigenvalue weighted by molar-refractivity contribution is -0.168. The van der Waals surface area contributed by atoms with Crippen molar-refractivity contribution in [3.05, 3.63) is 0 Å². The maximum absolute atomic E-state index is 11.6. The van der Waals surface area contributed by atoms with E-state index in [9.17, 15) is 9.59 Å². The second-order valence-electron chi connectivity index (χ2n) is 8.13. The van der Waals surface area contributed by atoms with Gasteiger partial charge in [0, 0.05) is 0 Å². The molecule has 0 saturated heterocycles. The standard InChI is InChI=1S/C23H42O4/c1-2-3-4-5-6-7-8-9-10-11-12-16-19-26-22(24)23(25)27-20-21-17-14-13-15-18-21/h21H,2-20H2,1H3. The highest BCUT2D eigenvalue weighted by Crippen LogP contribution is 2.23. The van der Waals surface area contributed by atoms with Crippen LogP contribution >= 0.6 is 0 Å². The molecule has 0 aromatic carbocycles. The largest absolute Gasteiger partial charge is 0.457 e. The molecule has 0 aromatic heterocycles. The first-order valence-corrected chi connectivity index (χ1v) is 11.6. The average molecular weight is 383 g/mol. The fraction of sp³-hybridized carbons (Fsp3) is 0.913. The first kappa shape index (κ1) is 24.0. The number of carbonyl (C=O) groups excluding carboxylic acids is 2. The Morgan fingerprint density at radius 1 is 0.667 bits per heavy atom. The molecule has 0 N–H and O–H groups in total. The fourth-order valence-corrected chi connectivity index (χ4v) is 3.77. The summed E-state index contributed by atoms with van der Waals surface area (Å²) in [6.45, 7) is 2.95. The van der Waals surface area contributed by atoms with Crippen LogP contribution in [0.15, 0.2) is 0 Å². The lowest BCUT2D eigenvalue weighted by Crippen LogP contribution is -2.24. The zero-order valence-corrected chi connectivity index (χ0v) is 17.6. The molecule has 0 radical (unpaired) electrons. The third-order valence-electron chi connectivity index (χ3n) is 5.57. The van der Waals surface area contributed by atoms with E-state index in [0.29, 0.717) is 19.1 Å². The van der Waals surface area contributed by atoms with Gasteiger partial charge in [-0.3, -0.25) is 0 Å². The van der Waals surface area contributed by atoms with E-state index in [1.807, 2.05) is 0 Å². The Hall–Kier alpha value is -1.06. The van der Waals surface area contributed by atoms with Gasteiger partial charge in [-0.2, -0.15) is 0 Å². The predicted octanol–water partition coefficient (Wildman–Crippen LogP) is 6.35. The zero-order chi connectivity index (χ0) is 19.6. The Bertz CT molecular complexity index is 375. The van der Waals surface area contributed by atoms with Gasteiger partial charge in [0.15, 0.2) is 0 Å². The van der Waals surface area contributed by atoms with Gasteiger partial charge in [-0.1, -0.05) is 96.8 Å². The van der Waals surface area contributed by atoms with E-state index in [-0.39, 0.29) is 0 Å².